The molecule has 2 heteroatoms. The van der Waals surface area contributed by atoms with Gasteiger partial charge in [-0.05, 0) is 58.3 Å². The summed E-state index contributed by atoms with van der Waals surface area (Å²) in [6.07, 6.45) is 0. The number of aromatic nitrogens is 1. The summed E-state index contributed by atoms with van der Waals surface area (Å²) < 4.78 is 3.84. The third-order valence-corrected chi connectivity index (χ3v) is 9.40. The predicted molar refractivity (Wildman–Crippen MR) is 151 cm³/mol. The van der Waals surface area contributed by atoms with Gasteiger partial charge in [-0.1, -0.05) is 80.6 Å². The Morgan fingerprint density at radius 2 is 1.37 bits per heavy atom. The number of benzene rings is 5. The molecule has 0 N–H and O–H groups in total. The largest absolute Gasteiger partial charge is 0.309 e. The van der Waals surface area contributed by atoms with Gasteiger partial charge in [0.1, 0.15) is 0 Å². The summed E-state index contributed by atoms with van der Waals surface area (Å²) in [5, 5.41) is 6.56. The van der Waals surface area contributed by atoms with Gasteiger partial charge in [0.15, 0.2) is 0 Å². The molecule has 0 amide bonds. The van der Waals surface area contributed by atoms with E-state index >= 15 is 0 Å². The van der Waals surface area contributed by atoms with Crippen LogP contribution in [0.2, 0.25) is 0 Å². The summed E-state index contributed by atoms with van der Waals surface area (Å²) in [5.41, 5.74) is 8.01. The first-order valence-electron chi connectivity index (χ1n) is 12.2. The molecule has 2 aromatic heterocycles. The van der Waals surface area contributed by atoms with E-state index in [1.54, 1.807) is 0 Å². The fraction of sp³-hybridized carbons (Fsp3) is 0.0909. The average molecular weight is 466 g/mol. The van der Waals surface area contributed by atoms with Gasteiger partial charge in [-0.3, -0.25) is 0 Å². The van der Waals surface area contributed by atoms with E-state index < -0.39 is 0 Å². The van der Waals surface area contributed by atoms with Crippen LogP contribution >= 0.6 is 11.3 Å². The minimum atomic E-state index is -0.0206. The number of hydrogen-bond donors (Lipinski definition) is 0. The molecule has 0 fully saturated rings. The van der Waals surface area contributed by atoms with Crippen molar-refractivity contribution in [3.63, 3.8) is 0 Å². The van der Waals surface area contributed by atoms with Gasteiger partial charge in [0, 0.05) is 42.4 Å². The Morgan fingerprint density at radius 3 is 2.26 bits per heavy atom. The van der Waals surface area contributed by atoms with Crippen molar-refractivity contribution in [2.75, 3.05) is 0 Å². The van der Waals surface area contributed by atoms with E-state index in [1.807, 2.05) is 11.3 Å². The summed E-state index contributed by atoms with van der Waals surface area (Å²) in [5.74, 6) is 0. The summed E-state index contributed by atoms with van der Waals surface area (Å²) >= 11 is 1.96. The van der Waals surface area contributed by atoms with Gasteiger partial charge in [0.05, 0.1) is 11.0 Å². The van der Waals surface area contributed by atoms with Crippen molar-refractivity contribution in [1.82, 2.24) is 4.57 Å². The average Bonchev–Trinajstić information content (AvgIpc) is 3.50. The van der Waals surface area contributed by atoms with Crippen molar-refractivity contribution in [3.05, 3.63) is 114 Å². The van der Waals surface area contributed by atoms with Crippen LogP contribution in [0.5, 0.6) is 0 Å². The van der Waals surface area contributed by atoms with Crippen molar-refractivity contribution < 1.29 is 0 Å². The summed E-state index contributed by atoms with van der Waals surface area (Å²) in [6.45, 7) is 4.78. The van der Waals surface area contributed by atoms with Gasteiger partial charge in [-0.2, -0.15) is 0 Å². The SMILES string of the molecule is CC1(C)c2cc3c(cc2-c2c1sc1ccccc21)c1ccccc1n3-c1ccc2ccccc2c1. The van der Waals surface area contributed by atoms with E-state index in [0.717, 1.165) is 0 Å². The molecular weight excluding hydrogens is 442 g/mol. The molecule has 1 aliphatic carbocycles. The number of hydrogen-bond acceptors (Lipinski definition) is 1. The van der Waals surface area contributed by atoms with Gasteiger partial charge in [0.25, 0.3) is 0 Å². The maximum atomic E-state index is 2.47. The fourth-order valence-corrected chi connectivity index (χ4v) is 7.54. The maximum Gasteiger partial charge on any atom is 0.0544 e. The highest BCUT2D eigenvalue weighted by molar-refractivity contribution is 7.20. The molecule has 0 saturated carbocycles. The monoisotopic (exact) mass is 465 g/mol. The first-order chi connectivity index (χ1) is 17.1. The Labute approximate surface area is 207 Å². The summed E-state index contributed by atoms with van der Waals surface area (Å²) in [4.78, 5) is 1.49. The predicted octanol–water partition coefficient (Wildman–Crippen LogP) is 9.46. The zero-order valence-corrected chi connectivity index (χ0v) is 20.5. The molecule has 0 saturated heterocycles. The number of rotatable bonds is 1. The zero-order chi connectivity index (χ0) is 23.3. The topological polar surface area (TPSA) is 4.93 Å². The number of fused-ring (bicyclic) bond motifs is 9. The second-order valence-electron chi connectivity index (χ2n) is 10.2. The Bertz CT molecular complexity index is 1980. The van der Waals surface area contributed by atoms with Crippen LogP contribution in [-0.2, 0) is 5.41 Å². The summed E-state index contributed by atoms with van der Waals surface area (Å²) in [6, 6.07) is 38.1. The Balaban J connectivity index is 1.50. The smallest absolute Gasteiger partial charge is 0.0544 e. The molecule has 0 spiro atoms. The van der Waals surface area contributed by atoms with Crippen molar-refractivity contribution in [1.29, 1.82) is 0 Å². The Hall–Kier alpha value is -3.88. The van der Waals surface area contributed by atoms with E-state index in [0.29, 0.717) is 0 Å². The molecule has 0 bridgehead atoms. The molecule has 166 valence electrons. The van der Waals surface area contributed by atoms with E-state index in [1.165, 1.54) is 69.9 Å². The van der Waals surface area contributed by atoms with E-state index in [2.05, 4.69) is 122 Å². The molecule has 0 radical (unpaired) electrons. The van der Waals surface area contributed by atoms with Crippen LogP contribution in [-0.4, -0.2) is 4.57 Å². The summed E-state index contributed by atoms with van der Waals surface area (Å²) in [7, 11) is 0. The van der Waals surface area contributed by atoms with Crippen LogP contribution in [0, 0.1) is 0 Å². The number of nitrogens with zero attached hydrogens (tertiary/aromatic N) is 1. The highest BCUT2D eigenvalue weighted by atomic mass is 32.1. The first-order valence-corrected chi connectivity index (χ1v) is 13.0. The lowest BCUT2D eigenvalue weighted by atomic mass is 9.86. The molecule has 2 heterocycles. The lowest BCUT2D eigenvalue weighted by molar-refractivity contribution is 0.675. The minimum Gasteiger partial charge on any atom is -0.309 e. The minimum absolute atomic E-state index is 0.0206. The van der Waals surface area contributed by atoms with Gasteiger partial charge < -0.3 is 4.57 Å². The molecule has 7 aromatic rings. The van der Waals surface area contributed by atoms with Gasteiger partial charge >= 0.3 is 0 Å². The molecule has 5 aromatic carbocycles. The van der Waals surface area contributed by atoms with Crippen LogP contribution in [0.15, 0.2) is 103 Å². The third kappa shape index (κ3) is 2.47. The second-order valence-corrected chi connectivity index (χ2v) is 11.3. The van der Waals surface area contributed by atoms with E-state index in [9.17, 15) is 0 Å². The molecule has 0 unspecified atom stereocenters. The molecule has 35 heavy (non-hydrogen) atoms. The van der Waals surface area contributed by atoms with E-state index in [-0.39, 0.29) is 5.41 Å². The van der Waals surface area contributed by atoms with E-state index in [4.69, 9.17) is 0 Å². The Morgan fingerprint density at radius 1 is 0.629 bits per heavy atom. The van der Waals surface area contributed by atoms with Gasteiger partial charge in [0.2, 0.25) is 0 Å². The quantitative estimate of drug-likeness (QED) is 0.227. The fourth-order valence-electron chi connectivity index (χ4n) is 6.21. The number of thiophene rings is 1. The van der Waals surface area contributed by atoms with Crippen LogP contribution < -0.4 is 0 Å². The first kappa shape index (κ1) is 19.4. The van der Waals surface area contributed by atoms with Crippen molar-refractivity contribution in [2.24, 2.45) is 0 Å². The van der Waals surface area contributed by atoms with Crippen molar-refractivity contribution in [2.45, 2.75) is 19.3 Å². The highest BCUT2D eigenvalue weighted by Gasteiger charge is 2.39. The van der Waals surface area contributed by atoms with Gasteiger partial charge in [-0.25, -0.2) is 0 Å². The lowest BCUT2D eigenvalue weighted by Crippen LogP contribution is -2.13. The molecule has 0 atom stereocenters. The third-order valence-electron chi connectivity index (χ3n) is 7.91. The van der Waals surface area contributed by atoms with Crippen LogP contribution in [0.3, 0.4) is 0 Å². The van der Waals surface area contributed by atoms with Crippen LogP contribution in [0.4, 0.5) is 0 Å². The second kappa shape index (κ2) is 6.62. The van der Waals surface area contributed by atoms with Crippen LogP contribution in [0.25, 0.3) is 59.5 Å². The molecule has 1 nitrogen and oxygen atoms in total. The molecule has 8 rings (SSSR count). The Kier molecular flexibility index (Phi) is 3.67. The standard InChI is InChI=1S/C33H23NS/c1-33(2)27-19-29-25(18-26(27)31-24-12-6-8-14-30(24)35-32(31)33)23-11-5-7-13-28(23)34(29)22-16-15-20-9-3-4-10-21(20)17-22/h3-19H,1-2H3. The molecule has 1 aliphatic rings. The normalized spacial score (nSPS) is 14.2. The zero-order valence-electron chi connectivity index (χ0n) is 19.7. The van der Waals surface area contributed by atoms with Gasteiger partial charge in [-0.15, -0.1) is 11.3 Å². The number of para-hydroxylation sites is 1. The van der Waals surface area contributed by atoms with Crippen molar-refractivity contribution >= 4 is 54.0 Å². The molecular formula is C33H23NS. The van der Waals surface area contributed by atoms with Crippen molar-refractivity contribution in [3.8, 4) is 16.8 Å². The van der Waals surface area contributed by atoms with Crippen LogP contribution in [0.1, 0.15) is 24.3 Å². The highest BCUT2D eigenvalue weighted by Crippen LogP contribution is 2.56. The molecule has 0 aliphatic heterocycles. The lowest BCUT2D eigenvalue weighted by Gasteiger charge is -2.20. The maximum absolute atomic E-state index is 2.47.